The summed E-state index contributed by atoms with van der Waals surface area (Å²) in [6.45, 7) is 0. The van der Waals surface area contributed by atoms with Crippen molar-refractivity contribution in [3.8, 4) is 11.5 Å². The standard InChI is InChI=1S/C9H5F2NO2S2/c10-9(11)13-6-2-1-5(3-7(6)14-9)12-8-15-4-16-8/h1-3H,4H2. The van der Waals surface area contributed by atoms with Gasteiger partial charge in [-0.15, -0.1) is 8.78 Å². The predicted octanol–water partition coefficient (Wildman–Crippen LogP) is 3.43. The SMILES string of the molecule is FC1(F)Oc2ccc(N=C3SCS3)cc2O1. The first-order valence-electron chi connectivity index (χ1n) is 4.37. The second kappa shape index (κ2) is 3.53. The molecule has 0 unspecified atom stereocenters. The van der Waals surface area contributed by atoms with Crippen LogP contribution in [-0.2, 0) is 0 Å². The van der Waals surface area contributed by atoms with Crippen molar-refractivity contribution >= 4 is 33.6 Å². The molecule has 16 heavy (non-hydrogen) atoms. The van der Waals surface area contributed by atoms with E-state index in [0.717, 1.165) is 9.46 Å². The second-order valence-corrected chi connectivity index (χ2v) is 5.63. The third kappa shape index (κ3) is 1.84. The molecule has 2 aliphatic rings. The molecular formula is C9H5F2NO2S2. The van der Waals surface area contributed by atoms with Crippen LogP contribution in [0.3, 0.4) is 0 Å². The summed E-state index contributed by atoms with van der Waals surface area (Å²) in [4.78, 5) is 4.25. The molecule has 2 heterocycles. The largest absolute Gasteiger partial charge is 0.586 e. The van der Waals surface area contributed by atoms with Crippen LogP contribution < -0.4 is 9.47 Å². The molecule has 84 valence electrons. The maximum Gasteiger partial charge on any atom is 0.586 e. The highest BCUT2D eigenvalue weighted by Crippen LogP contribution is 2.43. The molecule has 0 atom stereocenters. The summed E-state index contributed by atoms with van der Waals surface area (Å²) in [7, 11) is 0. The molecule has 3 nitrogen and oxygen atoms in total. The van der Waals surface area contributed by atoms with Crippen molar-refractivity contribution in [1.29, 1.82) is 0 Å². The van der Waals surface area contributed by atoms with Crippen LogP contribution in [-0.4, -0.2) is 15.8 Å². The van der Waals surface area contributed by atoms with Gasteiger partial charge < -0.3 is 9.47 Å². The highest BCUT2D eigenvalue weighted by atomic mass is 32.3. The molecule has 0 radical (unpaired) electrons. The molecule has 7 heteroatoms. The molecule has 1 saturated heterocycles. The number of benzene rings is 1. The fourth-order valence-corrected chi connectivity index (χ4v) is 2.52. The minimum atomic E-state index is -3.56. The number of halogens is 2. The minimum absolute atomic E-state index is 0.0289. The molecule has 0 aromatic heterocycles. The van der Waals surface area contributed by atoms with E-state index in [1.807, 2.05) is 0 Å². The van der Waals surface area contributed by atoms with Gasteiger partial charge in [0.15, 0.2) is 11.5 Å². The third-order valence-electron chi connectivity index (χ3n) is 1.97. The average molecular weight is 261 g/mol. The van der Waals surface area contributed by atoms with Gasteiger partial charge in [-0.2, -0.15) is 0 Å². The summed E-state index contributed by atoms with van der Waals surface area (Å²) in [5, 5.41) is 0.988. The summed E-state index contributed by atoms with van der Waals surface area (Å²) in [5.41, 5.74) is 0.592. The lowest BCUT2D eigenvalue weighted by atomic mass is 10.3. The molecule has 0 aliphatic carbocycles. The topological polar surface area (TPSA) is 30.8 Å². The highest BCUT2D eigenvalue weighted by Gasteiger charge is 2.43. The number of alkyl halides is 2. The number of hydrogen-bond donors (Lipinski definition) is 0. The maximum absolute atomic E-state index is 12.7. The van der Waals surface area contributed by atoms with Crippen LogP contribution >= 0.6 is 23.5 Å². The lowest BCUT2D eigenvalue weighted by Crippen LogP contribution is -2.25. The zero-order valence-electron chi connectivity index (χ0n) is 7.78. The Kier molecular flexibility index (Phi) is 2.25. The minimum Gasteiger partial charge on any atom is -0.395 e. The van der Waals surface area contributed by atoms with E-state index in [1.54, 1.807) is 29.6 Å². The van der Waals surface area contributed by atoms with Gasteiger partial charge in [0.05, 0.1) is 10.8 Å². The Morgan fingerprint density at radius 1 is 1.19 bits per heavy atom. The summed E-state index contributed by atoms with van der Waals surface area (Å²) >= 11 is 3.25. The molecule has 1 fully saturated rings. The van der Waals surface area contributed by atoms with Crippen molar-refractivity contribution in [1.82, 2.24) is 0 Å². The molecule has 1 aromatic rings. The molecule has 2 aliphatic heterocycles. The average Bonchev–Trinajstić information content (AvgIpc) is 2.44. The van der Waals surface area contributed by atoms with Gasteiger partial charge in [-0.25, -0.2) is 4.99 Å². The number of aliphatic imine (C=N–C) groups is 1. The first kappa shape index (κ1) is 10.2. The third-order valence-corrected chi connectivity index (χ3v) is 4.30. The van der Waals surface area contributed by atoms with Gasteiger partial charge in [0.1, 0.15) is 4.38 Å². The van der Waals surface area contributed by atoms with Gasteiger partial charge in [0, 0.05) is 6.07 Å². The van der Waals surface area contributed by atoms with Crippen LogP contribution in [0.5, 0.6) is 11.5 Å². The fraction of sp³-hybridized carbons (Fsp3) is 0.222. The lowest BCUT2D eigenvalue weighted by molar-refractivity contribution is -0.286. The second-order valence-electron chi connectivity index (χ2n) is 3.08. The van der Waals surface area contributed by atoms with E-state index < -0.39 is 6.29 Å². The summed E-state index contributed by atoms with van der Waals surface area (Å²) in [5.74, 6) is 0.0732. The van der Waals surface area contributed by atoms with Crippen molar-refractivity contribution in [3.63, 3.8) is 0 Å². The summed E-state index contributed by atoms with van der Waals surface area (Å²) in [6, 6.07) is 4.50. The Morgan fingerprint density at radius 3 is 2.62 bits per heavy atom. The summed E-state index contributed by atoms with van der Waals surface area (Å²) < 4.78 is 35.0. The molecule has 0 amide bonds. The number of hydrogen-bond acceptors (Lipinski definition) is 5. The monoisotopic (exact) mass is 261 g/mol. The van der Waals surface area contributed by atoms with E-state index in [1.165, 1.54) is 12.1 Å². The molecular weight excluding hydrogens is 256 g/mol. The van der Waals surface area contributed by atoms with Gasteiger partial charge in [-0.3, -0.25) is 0 Å². The van der Waals surface area contributed by atoms with Gasteiger partial charge in [-0.1, -0.05) is 23.5 Å². The van der Waals surface area contributed by atoms with Crippen molar-refractivity contribution in [2.45, 2.75) is 6.29 Å². The number of nitrogens with zero attached hydrogens (tertiary/aromatic N) is 1. The Bertz CT molecular complexity index is 473. The maximum atomic E-state index is 12.7. The van der Waals surface area contributed by atoms with Gasteiger partial charge in [0.2, 0.25) is 0 Å². The number of ether oxygens (including phenoxy) is 2. The Morgan fingerprint density at radius 2 is 1.94 bits per heavy atom. The number of rotatable bonds is 1. The molecule has 0 spiro atoms. The van der Waals surface area contributed by atoms with Gasteiger partial charge >= 0.3 is 6.29 Å². The van der Waals surface area contributed by atoms with Crippen molar-refractivity contribution in [2.24, 2.45) is 4.99 Å². The number of thioether (sulfide) groups is 2. The predicted molar refractivity (Wildman–Crippen MR) is 59.8 cm³/mol. The van der Waals surface area contributed by atoms with Crippen LogP contribution in [0, 0.1) is 0 Å². The van der Waals surface area contributed by atoms with E-state index in [-0.39, 0.29) is 11.5 Å². The highest BCUT2D eigenvalue weighted by molar-refractivity contribution is 8.52. The first-order valence-corrected chi connectivity index (χ1v) is 6.34. The quantitative estimate of drug-likeness (QED) is 0.775. The zero-order valence-corrected chi connectivity index (χ0v) is 9.41. The van der Waals surface area contributed by atoms with Crippen LogP contribution in [0.4, 0.5) is 14.5 Å². The van der Waals surface area contributed by atoms with Gasteiger partial charge in [0.25, 0.3) is 0 Å². The summed E-state index contributed by atoms with van der Waals surface area (Å²) in [6.07, 6.45) is -3.56. The zero-order chi connectivity index (χ0) is 11.2. The van der Waals surface area contributed by atoms with Crippen LogP contribution in [0.15, 0.2) is 23.2 Å². The fourth-order valence-electron chi connectivity index (χ4n) is 1.29. The van der Waals surface area contributed by atoms with Crippen molar-refractivity contribution in [2.75, 3.05) is 5.08 Å². The van der Waals surface area contributed by atoms with E-state index >= 15 is 0 Å². The lowest BCUT2D eigenvalue weighted by Gasteiger charge is -2.12. The molecule has 0 N–H and O–H groups in total. The van der Waals surface area contributed by atoms with E-state index in [4.69, 9.17) is 0 Å². The van der Waals surface area contributed by atoms with Crippen molar-refractivity contribution in [3.05, 3.63) is 18.2 Å². The van der Waals surface area contributed by atoms with E-state index in [2.05, 4.69) is 14.5 Å². The van der Waals surface area contributed by atoms with Crippen molar-refractivity contribution < 1.29 is 18.3 Å². The molecule has 3 rings (SSSR count). The molecule has 1 aromatic carbocycles. The normalized spacial score (nSPS) is 20.5. The van der Waals surface area contributed by atoms with E-state index in [9.17, 15) is 8.78 Å². The van der Waals surface area contributed by atoms with Gasteiger partial charge in [-0.05, 0) is 12.1 Å². The molecule has 0 bridgehead atoms. The Hall–Kier alpha value is -0.950. The van der Waals surface area contributed by atoms with Crippen LogP contribution in [0.25, 0.3) is 0 Å². The molecule has 0 saturated carbocycles. The number of fused-ring (bicyclic) bond motifs is 1. The Labute approximate surface area is 98.2 Å². The first-order chi connectivity index (χ1) is 7.62. The Balaban J connectivity index is 1.90. The smallest absolute Gasteiger partial charge is 0.395 e. The van der Waals surface area contributed by atoms with E-state index in [0.29, 0.717) is 5.69 Å². The van der Waals surface area contributed by atoms with Crippen LogP contribution in [0.1, 0.15) is 0 Å². The van der Waals surface area contributed by atoms with Crippen LogP contribution in [0.2, 0.25) is 0 Å².